The summed E-state index contributed by atoms with van der Waals surface area (Å²) in [5.74, 6) is 0.347. The zero-order valence-corrected chi connectivity index (χ0v) is 13.2. The monoisotopic (exact) mass is 324 g/mol. The Labute approximate surface area is 140 Å². The molecule has 1 aliphatic rings. The molecular weight excluding hydrogens is 304 g/mol. The second kappa shape index (κ2) is 7.23. The number of carbonyl (C=O) groups is 2. The number of aromatic nitrogens is 1. The molecule has 1 saturated carbocycles. The van der Waals surface area contributed by atoms with E-state index >= 15 is 0 Å². The highest BCUT2D eigenvalue weighted by atomic mass is 16.2. The van der Waals surface area contributed by atoms with E-state index in [0.29, 0.717) is 17.9 Å². The third kappa shape index (κ3) is 4.39. The van der Waals surface area contributed by atoms with Crippen LogP contribution < -0.4 is 16.4 Å². The fourth-order valence-corrected chi connectivity index (χ4v) is 2.31. The zero-order valence-electron chi connectivity index (χ0n) is 13.2. The molecule has 6 nitrogen and oxygen atoms in total. The van der Waals surface area contributed by atoms with Crippen LogP contribution in [0.3, 0.4) is 0 Å². The fraction of sp³-hybridized carbons (Fsp3) is 0.278. The molecule has 0 radical (unpaired) electrons. The number of amides is 2. The van der Waals surface area contributed by atoms with Crippen molar-refractivity contribution >= 4 is 23.3 Å². The topological polar surface area (TPSA) is 97.1 Å². The number of nitrogens with one attached hydrogen (secondary N) is 2. The highest BCUT2D eigenvalue weighted by Gasteiger charge is 2.29. The first-order valence-electron chi connectivity index (χ1n) is 7.99. The molecular formula is C18H20N4O2. The van der Waals surface area contributed by atoms with Crippen molar-refractivity contribution in [3.8, 4) is 0 Å². The molecule has 1 unspecified atom stereocenters. The molecule has 124 valence electrons. The van der Waals surface area contributed by atoms with Gasteiger partial charge < -0.3 is 16.4 Å². The largest absolute Gasteiger partial charge is 0.323 e. The SMILES string of the molecule is NC(Cc1ccccc1)C(=O)Nc1ccc(NC(=O)C2CC2)nc1. The minimum Gasteiger partial charge on any atom is -0.323 e. The van der Waals surface area contributed by atoms with Crippen LogP contribution in [0.4, 0.5) is 11.5 Å². The predicted molar refractivity (Wildman–Crippen MR) is 92.3 cm³/mol. The van der Waals surface area contributed by atoms with E-state index in [2.05, 4.69) is 15.6 Å². The van der Waals surface area contributed by atoms with Gasteiger partial charge in [-0.25, -0.2) is 4.98 Å². The lowest BCUT2D eigenvalue weighted by Crippen LogP contribution is -2.37. The van der Waals surface area contributed by atoms with Gasteiger partial charge in [-0.3, -0.25) is 9.59 Å². The van der Waals surface area contributed by atoms with E-state index in [0.717, 1.165) is 18.4 Å². The summed E-state index contributed by atoms with van der Waals surface area (Å²) in [5.41, 5.74) is 7.50. The number of hydrogen-bond donors (Lipinski definition) is 3. The molecule has 1 atom stereocenters. The van der Waals surface area contributed by atoms with Crippen molar-refractivity contribution in [1.29, 1.82) is 0 Å². The van der Waals surface area contributed by atoms with Crippen LogP contribution in [-0.2, 0) is 16.0 Å². The third-order valence-electron chi connectivity index (χ3n) is 3.87. The van der Waals surface area contributed by atoms with Crippen molar-refractivity contribution in [1.82, 2.24) is 4.98 Å². The van der Waals surface area contributed by atoms with E-state index in [9.17, 15) is 9.59 Å². The van der Waals surface area contributed by atoms with Gasteiger partial charge in [-0.2, -0.15) is 0 Å². The minimum absolute atomic E-state index is 0.00386. The van der Waals surface area contributed by atoms with Crippen molar-refractivity contribution in [2.45, 2.75) is 25.3 Å². The standard InChI is InChI=1S/C18H20N4O2/c19-15(10-12-4-2-1-3-5-12)18(24)21-14-8-9-16(20-11-14)22-17(23)13-6-7-13/h1-5,8-9,11,13,15H,6-7,10,19H2,(H,21,24)(H,20,22,23). The first-order valence-corrected chi connectivity index (χ1v) is 7.99. The first-order chi connectivity index (χ1) is 11.6. The van der Waals surface area contributed by atoms with Gasteiger partial charge in [0.05, 0.1) is 17.9 Å². The van der Waals surface area contributed by atoms with Crippen LogP contribution in [0.1, 0.15) is 18.4 Å². The molecule has 2 aromatic rings. The number of nitrogens with two attached hydrogens (primary N) is 1. The minimum atomic E-state index is -0.637. The summed E-state index contributed by atoms with van der Waals surface area (Å²) in [6.07, 6.45) is 3.86. The number of anilines is 2. The van der Waals surface area contributed by atoms with E-state index in [1.54, 1.807) is 12.1 Å². The summed E-state index contributed by atoms with van der Waals surface area (Å²) < 4.78 is 0. The third-order valence-corrected chi connectivity index (χ3v) is 3.87. The molecule has 0 saturated heterocycles. The van der Waals surface area contributed by atoms with Crippen LogP contribution in [0.5, 0.6) is 0 Å². The van der Waals surface area contributed by atoms with Crippen molar-refractivity contribution in [3.05, 3.63) is 54.2 Å². The van der Waals surface area contributed by atoms with Gasteiger partial charge in [0.15, 0.2) is 0 Å². The Balaban J connectivity index is 1.52. The summed E-state index contributed by atoms with van der Waals surface area (Å²) >= 11 is 0. The van der Waals surface area contributed by atoms with Crippen molar-refractivity contribution in [3.63, 3.8) is 0 Å². The second-order valence-corrected chi connectivity index (χ2v) is 5.98. The molecule has 0 spiro atoms. The highest BCUT2D eigenvalue weighted by Crippen LogP contribution is 2.29. The van der Waals surface area contributed by atoms with Crippen LogP contribution in [0.25, 0.3) is 0 Å². The molecule has 0 aliphatic heterocycles. The average molecular weight is 324 g/mol. The van der Waals surface area contributed by atoms with Crippen molar-refractivity contribution in [2.75, 3.05) is 10.6 Å². The van der Waals surface area contributed by atoms with E-state index in [4.69, 9.17) is 5.73 Å². The predicted octanol–water partition coefficient (Wildman–Crippen LogP) is 1.94. The van der Waals surface area contributed by atoms with E-state index in [1.165, 1.54) is 6.20 Å². The number of benzene rings is 1. The molecule has 1 aromatic carbocycles. The molecule has 3 rings (SSSR count). The lowest BCUT2D eigenvalue weighted by atomic mass is 10.1. The lowest BCUT2D eigenvalue weighted by Gasteiger charge is -2.12. The molecule has 1 fully saturated rings. The van der Waals surface area contributed by atoms with Gasteiger partial charge in [0.2, 0.25) is 11.8 Å². The Morgan fingerprint density at radius 1 is 1.12 bits per heavy atom. The first kappa shape index (κ1) is 16.1. The summed E-state index contributed by atoms with van der Waals surface area (Å²) in [6, 6.07) is 12.3. The van der Waals surface area contributed by atoms with Gasteiger partial charge >= 0.3 is 0 Å². The molecule has 0 bridgehead atoms. The van der Waals surface area contributed by atoms with E-state index < -0.39 is 6.04 Å². The van der Waals surface area contributed by atoms with Gasteiger partial charge in [-0.1, -0.05) is 30.3 Å². The molecule has 24 heavy (non-hydrogen) atoms. The Morgan fingerprint density at radius 3 is 2.50 bits per heavy atom. The quantitative estimate of drug-likeness (QED) is 0.756. The summed E-state index contributed by atoms with van der Waals surface area (Å²) in [5, 5.41) is 5.49. The van der Waals surface area contributed by atoms with Crippen molar-refractivity contribution < 1.29 is 9.59 Å². The highest BCUT2D eigenvalue weighted by molar-refractivity contribution is 5.95. The number of rotatable bonds is 6. The Bertz CT molecular complexity index is 712. The van der Waals surface area contributed by atoms with Crippen LogP contribution in [0.2, 0.25) is 0 Å². The molecule has 1 aliphatic carbocycles. The molecule has 1 heterocycles. The Morgan fingerprint density at radius 2 is 1.88 bits per heavy atom. The molecule has 1 aromatic heterocycles. The second-order valence-electron chi connectivity index (χ2n) is 5.98. The van der Waals surface area contributed by atoms with Gasteiger partial charge in [0, 0.05) is 5.92 Å². The molecule has 4 N–H and O–H groups in total. The van der Waals surface area contributed by atoms with Gasteiger partial charge in [-0.05, 0) is 37.0 Å². The van der Waals surface area contributed by atoms with Crippen LogP contribution in [-0.4, -0.2) is 22.8 Å². The van der Waals surface area contributed by atoms with Gasteiger partial charge in [0.25, 0.3) is 0 Å². The summed E-state index contributed by atoms with van der Waals surface area (Å²) in [7, 11) is 0. The molecule has 2 amide bonds. The Kier molecular flexibility index (Phi) is 4.86. The maximum atomic E-state index is 12.1. The summed E-state index contributed by atoms with van der Waals surface area (Å²) in [6.45, 7) is 0. The number of pyridine rings is 1. The van der Waals surface area contributed by atoms with Crippen LogP contribution >= 0.6 is 0 Å². The lowest BCUT2D eigenvalue weighted by molar-refractivity contribution is -0.118. The zero-order chi connectivity index (χ0) is 16.9. The normalized spacial score (nSPS) is 14.7. The van der Waals surface area contributed by atoms with Gasteiger partial charge in [-0.15, -0.1) is 0 Å². The summed E-state index contributed by atoms with van der Waals surface area (Å²) in [4.78, 5) is 27.9. The van der Waals surface area contributed by atoms with Gasteiger partial charge in [0.1, 0.15) is 5.82 Å². The van der Waals surface area contributed by atoms with Crippen LogP contribution in [0, 0.1) is 5.92 Å². The van der Waals surface area contributed by atoms with E-state index in [1.807, 2.05) is 30.3 Å². The number of hydrogen-bond acceptors (Lipinski definition) is 4. The Hall–Kier alpha value is -2.73. The smallest absolute Gasteiger partial charge is 0.241 e. The van der Waals surface area contributed by atoms with Crippen LogP contribution in [0.15, 0.2) is 48.7 Å². The number of nitrogens with zero attached hydrogens (tertiary/aromatic N) is 1. The maximum absolute atomic E-state index is 12.1. The maximum Gasteiger partial charge on any atom is 0.241 e. The van der Waals surface area contributed by atoms with Crippen molar-refractivity contribution in [2.24, 2.45) is 11.7 Å². The average Bonchev–Trinajstić information content (AvgIpc) is 3.42. The number of carbonyl (C=O) groups excluding carboxylic acids is 2. The van der Waals surface area contributed by atoms with E-state index in [-0.39, 0.29) is 17.7 Å². The fourth-order valence-electron chi connectivity index (χ4n) is 2.31. The molecule has 6 heteroatoms.